The fraction of sp³-hybridized carbons (Fsp3) is 0.667. The van der Waals surface area contributed by atoms with Gasteiger partial charge >= 0.3 is 12.1 Å². The van der Waals surface area contributed by atoms with E-state index in [2.05, 4.69) is 11.0 Å². The van der Waals surface area contributed by atoms with Crippen LogP contribution in [0.5, 0.6) is 5.75 Å². The number of carbonyl (C=O) groups is 3. The molecule has 0 aliphatic carbocycles. The Labute approximate surface area is 214 Å². The highest BCUT2D eigenvalue weighted by molar-refractivity contribution is 6.07. The molecule has 1 saturated heterocycles. The maximum absolute atomic E-state index is 13.3. The fourth-order valence-electron chi connectivity index (χ4n) is 4.61. The Morgan fingerprint density at radius 3 is 2.33 bits per heavy atom. The van der Waals surface area contributed by atoms with Crippen molar-refractivity contribution in [3.8, 4) is 5.75 Å². The third-order valence-corrected chi connectivity index (χ3v) is 6.55. The highest BCUT2D eigenvalue weighted by Gasteiger charge is 2.36. The van der Waals surface area contributed by atoms with Crippen molar-refractivity contribution in [1.29, 1.82) is 0 Å². The van der Waals surface area contributed by atoms with Crippen LogP contribution >= 0.6 is 0 Å². The van der Waals surface area contributed by atoms with Crippen molar-refractivity contribution in [2.24, 2.45) is 5.92 Å². The zero-order valence-corrected chi connectivity index (χ0v) is 22.6. The monoisotopic (exact) mass is 503 g/mol. The number of piperazine rings is 1. The van der Waals surface area contributed by atoms with Crippen LogP contribution in [0.1, 0.15) is 59.4 Å². The van der Waals surface area contributed by atoms with Crippen molar-refractivity contribution in [3.63, 3.8) is 0 Å². The van der Waals surface area contributed by atoms with Crippen molar-refractivity contribution in [2.75, 3.05) is 56.2 Å². The molecule has 3 rings (SSSR count). The molecule has 2 amide bonds. The van der Waals surface area contributed by atoms with Crippen LogP contribution in [0.15, 0.2) is 12.1 Å². The van der Waals surface area contributed by atoms with E-state index in [9.17, 15) is 14.4 Å². The summed E-state index contributed by atoms with van der Waals surface area (Å²) in [4.78, 5) is 44.1. The van der Waals surface area contributed by atoms with E-state index in [1.54, 1.807) is 16.9 Å². The van der Waals surface area contributed by atoms with Crippen LogP contribution in [-0.2, 0) is 25.5 Å². The lowest BCUT2D eigenvalue weighted by Crippen LogP contribution is -2.50. The summed E-state index contributed by atoms with van der Waals surface area (Å²) in [5.41, 5.74) is 2.17. The van der Waals surface area contributed by atoms with E-state index in [0.717, 1.165) is 29.8 Å². The Morgan fingerprint density at radius 1 is 1.06 bits per heavy atom. The lowest BCUT2D eigenvalue weighted by molar-refractivity contribution is -0.152. The van der Waals surface area contributed by atoms with Crippen molar-refractivity contribution >= 4 is 29.3 Å². The maximum atomic E-state index is 13.3. The van der Waals surface area contributed by atoms with E-state index in [4.69, 9.17) is 14.2 Å². The molecule has 2 heterocycles. The van der Waals surface area contributed by atoms with Crippen molar-refractivity contribution in [1.82, 2.24) is 4.90 Å². The molecule has 2 aliphatic rings. The maximum Gasteiger partial charge on any atom is 0.410 e. The van der Waals surface area contributed by atoms with E-state index in [1.165, 1.54) is 0 Å². The van der Waals surface area contributed by atoms with Gasteiger partial charge in [0, 0.05) is 38.8 Å². The topological polar surface area (TPSA) is 88.6 Å². The summed E-state index contributed by atoms with van der Waals surface area (Å²) < 4.78 is 16.7. The first-order valence-electron chi connectivity index (χ1n) is 13.0. The van der Waals surface area contributed by atoms with Crippen LogP contribution in [0.3, 0.4) is 0 Å². The predicted octanol–water partition coefficient (Wildman–Crippen LogP) is 4.01. The van der Waals surface area contributed by atoms with Crippen molar-refractivity contribution < 1.29 is 28.6 Å². The van der Waals surface area contributed by atoms with Crippen LogP contribution in [0.2, 0.25) is 0 Å². The molecule has 1 aromatic rings. The molecule has 0 saturated carbocycles. The van der Waals surface area contributed by atoms with Crippen molar-refractivity contribution in [2.45, 2.75) is 65.9 Å². The van der Waals surface area contributed by atoms with E-state index < -0.39 is 17.5 Å². The molecule has 1 aromatic carbocycles. The summed E-state index contributed by atoms with van der Waals surface area (Å²) in [5.74, 6) is -0.806. The quantitative estimate of drug-likeness (QED) is 0.316. The Balaban J connectivity index is 1.80. The Bertz CT molecular complexity index is 950. The van der Waals surface area contributed by atoms with Gasteiger partial charge < -0.3 is 28.9 Å². The zero-order chi connectivity index (χ0) is 26.5. The number of carbonyl (C=O) groups excluding carboxylic acids is 3. The SMILES string of the molecule is CCCCOC(=O)C1CCc2cc(N3CCN(C(=O)OC(C)(C)C)CC3)c(OC)cc2N(CC)C1=O. The van der Waals surface area contributed by atoms with Gasteiger partial charge in [-0.15, -0.1) is 0 Å². The summed E-state index contributed by atoms with van der Waals surface area (Å²) in [7, 11) is 1.62. The van der Waals surface area contributed by atoms with Crippen LogP contribution < -0.4 is 14.5 Å². The van der Waals surface area contributed by atoms with Gasteiger partial charge in [-0.05, 0) is 58.6 Å². The van der Waals surface area contributed by atoms with Gasteiger partial charge in [-0.1, -0.05) is 13.3 Å². The normalized spacial score (nSPS) is 18.4. The standard InChI is InChI=1S/C27H41N3O6/c1-7-9-16-35-25(32)20-11-10-19-17-22(23(34-6)18-21(19)30(8-2)24(20)31)28-12-14-29(15-13-28)26(33)36-27(3,4)5/h17-18,20H,7-16H2,1-6H3. The number of aryl methyl sites for hydroxylation is 1. The number of amides is 2. The molecular weight excluding hydrogens is 462 g/mol. The smallest absolute Gasteiger partial charge is 0.410 e. The number of ether oxygens (including phenoxy) is 3. The summed E-state index contributed by atoms with van der Waals surface area (Å²) in [6.45, 7) is 12.7. The summed E-state index contributed by atoms with van der Waals surface area (Å²) in [6, 6.07) is 3.97. The molecule has 0 spiro atoms. The van der Waals surface area contributed by atoms with Crippen LogP contribution in [-0.4, -0.2) is 74.9 Å². The van der Waals surface area contributed by atoms with Gasteiger partial charge in [-0.2, -0.15) is 0 Å². The molecule has 1 atom stereocenters. The largest absolute Gasteiger partial charge is 0.495 e. The molecule has 0 N–H and O–H groups in total. The number of hydrogen-bond acceptors (Lipinski definition) is 7. The lowest BCUT2D eigenvalue weighted by Gasteiger charge is -2.37. The number of unbranched alkanes of at least 4 members (excludes halogenated alkanes) is 1. The third-order valence-electron chi connectivity index (χ3n) is 6.55. The van der Waals surface area contributed by atoms with Crippen LogP contribution in [0.4, 0.5) is 16.2 Å². The number of rotatable bonds is 7. The summed E-state index contributed by atoms with van der Waals surface area (Å²) >= 11 is 0. The van der Waals surface area contributed by atoms with E-state index in [0.29, 0.717) is 57.9 Å². The number of methoxy groups -OCH3 is 1. The van der Waals surface area contributed by atoms with Gasteiger partial charge in [0.1, 0.15) is 17.3 Å². The van der Waals surface area contributed by atoms with Gasteiger partial charge in [-0.25, -0.2) is 4.79 Å². The summed E-state index contributed by atoms with van der Waals surface area (Å²) in [6.07, 6.45) is 2.40. The lowest BCUT2D eigenvalue weighted by atomic mass is 10.00. The fourth-order valence-corrected chi connectivity index (χ4v) is 4.61. The number of benzene rings is 1. The van der Waals surface area contributed by atoms with Gasteiger partial charge in [0.25, 0.3) is 0 Å². The average molecular weight is 504 g/mol. The highest BCUT2D eigenvalue weighted by atomic mass is 16.6. The first-order valence-corrected chi connectivity index (χ1v) is 13.0. The van der Waals surface area contributed by atoms with Crippen LogP contribution in [0, 0.1) is 5.92 Å². The number of fused-ring (bicyclic) bond motifs is 1. The first-order chi connectivity index (χ1) is 17.1. The molecule has 200 valence electrons. The van der Waals surface area contributed by atoms with Gasteiger partial charge in [0.05, 0.1) is 25.1 Å². The molecule has 36 heavy (non-hydrogen) atoms. The molecule has 2 aliphatic heterocycles. The number of nitrogens with zero attached hydrogens (tertiary/aromatic N) is 3. The number of hydrogen-bond donors (Lipinski definition) is 0. The average Bonchev–Trinajstić information content (AvgIpc) is 2.97. The van der Waals surface area contributed by atoms with E-state index in [1.807, 2.05) is 40.7 Å². The summed E-state index contributed by atoms with van der Waals surface area (Å²) in [5, 5.41) is 0. The molecular formula is C27H41N3O6. The molecule has 0 radical (unpaired) electrons. The van der Waals surface area contributed by atoms with Crippen molar-refractivity contribution in [3.05, 3.63) is 17.7 Å². The number of anilines is 2. The molecule has 1 fully saturated rings. The van der Waals surface area contributed by atoms with Crippen LogP contribution in [0.25, 0.3) is 0 Å². The second-order valence-corrected chi connectivity index (χ2v) is 10.3. The molecule has 9 heteroatoms. The van der Waals surface area contributed by atoms with E-state index >= 15 is 0 Å². The zero-order valence-electron chi connectivity index (χ0n) is 22.6. The second-order valence-electron chi connectivity index (χ2n) is 10.3. The molecule has 0 bridgehead atoms. The van der Waals surface area contributed by atoms with E-state index in [-0.39, 0.29) is 12.0 Å². The Hall–Kier alpha value is -2.97. The molecule has 0 aromatic heterocycles. The number of esters is 1. The first kappa shape index (κ1) is 27.6. The van der Waals surface area contributed by atoms with Gasteiger partial charge in [-0.3, -0.25) is 9.59 Å². The highest BCUT2D eigenvalue weighted by Crippen LogP contribution is 2.39. The molecule has 1 unspecified atom stereocenters. The molecule has 9 nitrogen and oxygen atoms in total. The minimum absolute atomic E-state index is 0.224. The minimum atomic E-state index is -0.805. The minimum Gasteiger partial charge on any atom is -0.495 e. The Morgan fingerprint density at radius 2 is 1.75 bits per heavy atom. The predicted molar refractivity (Wildman–Crippen MR) is 139 cm³/mol. The third kappa shape index (κ3) is 6.42. The van der Waals surface area contributed by atoms with Gasteiger partial charge in [0.15, 0.2) is 0 Å². The van der Waals surface area contributed by atoms with Gasteiger partial charge in [0.2, 0.25) is 5.91 Å². The second kappa shape index (κ2) is 11.8. The Kier molecular flexibility index (Phi) is 9.08.